The maximum absolute atomic E-state index is 12.2. The predicted octanol–water partition coefficient (Wildman–Crippen LogP) is 0.975. The van der Waals surface area contributed by atoms with Crippen LogP contribution in [0.2, 0.25) is 0 Å². The van der Waals surface area contributed by atoms with Crippen LogP contribution in [0, 0.1) is 0 Å². The van der Waals surface area contributed by atoms with Crippen molar-refractivity contribution in [2.75, 3.05) is 26.2 Å². The summed E-state index contributed by atoms with van der Waals surface area (Å²) in [4.78, 5) is 14.4. The van der Waals surface area contributed by atoms with Gasteiger partial charge in [-0.1, -0.05) is 20.8 Å². The summed E-state index contributed by atoms with van der Waals surface area (Å²) in [5, 5.41) is 6.50. The van der Waals surface area contributed by atoms with Gasteiger partial charge in [-0.3, -0.25) is 9.69 Å². The topological polar surface area (TPSA) is 44.4 Å². The average molecular weight is 241 g/mol. The molecule has 1 fully saturated rings. The minimum atomic E-state index is 0.0342. The van der Waals surface area contributed by atoms with E-state index in [-0.39, 0.29) is 11.9 Å². The molecule has 1 unspecified atom stereocenters. The van der Waals surface area contributed by atoms with Gasteiger partial charge in [0.25, 0.3) is 0 Å². The predicted molar refractivity (Wildman–Crippen MR) is 71.0 cm³/mol. The molecule has 0 aromatic heterocycles. The van der Waals surface area contributed by atoms with E-state index in [1.54, 1.807) is 0 Å². The van der Waals surface area contributed by atoms with E-state index in [0.717, 1.165) is 45.4 Å². The Kier molecular flexibility index (Phi) is 6.52. The summed E-state index contributed by atoms with van der Waals surface area (Å²) in [5.74, 6) is 0.199. The smallest absolute Gasteiger partial charge is 0.237 e. The maximum atomic E-state index is 12.2. The maximum Gasteiger partial charge on any atom is 0.237 e. The van der Waals surface area contributed by atoms with Gasteiger partial charge in [0.1, 0.15) is 0 Å². The Labute approximate surface area is 105 Å². The fourth-order valence-electron chi connectivity index (χ4n) is 2.55. The Balaban J connectivity index is 2.47. The summed E-state index contributed by atoms with van der Waals surface area (Å²) in [6.07, 6.45) is 3.15. The molecule has 4 nitrogen and oxygen atoms in total. The van der Waals surface area contributed by atoms with Gasteiger partial charge in [0.15, 0.2) is 0 Å². The van der Waals surface area contributed by atoms with Crippen LogP contribution < -0.4 is 10.6 Å². The van der Waals surface area contributed by atoms with Crippen LogP contribution in [-0.4, -0.2) is 49.1 Å². The van der Waals surface area contributed by atoms with Crippen LogP contribution in [0.3, 0.4) is 0 Å². The van der Waals surface area contributed by atoms with E-state index in [1.807, 2.05) is 0 Å². The van der Waals surface area contributed by atoms with Gasteiger partial charge >= 0.3 is 0 Å². The minimum absolute atomic E-state index is 0.0342. The molecule has 0 aromatic rings. The van der Waals surface area contributed by atoms with Gasteiger partial charge in [0, 0.05) is 12.6 Å². The molecule has 100 valence electrons. The third-order valence-corrected chi connectivity index (χ3v) is 3.59. The fraction of sp³-hybridized carbons (Fsp3) is 0.923. The Morgan fingerprint density at radius 3 is 2.59 bits per heavy atom. The lowest BCUT2D eigenvalue weighted by Crippen LogP contribution is -2.52. The SMILES string of the molecule is CCC(C(=O)N[C@H]1CCCNC1)N(CC)CC. The molecule has 0 aromatic carbocycles. The molecule has 17 heavy (non-hydrogen) atoms. The third kappa shape index (κ3) is 4.28. The first-order valence-electron chi connectivity index (χ1n) is 6.98. The number of piperidine rings is 1. The molecule has 0 radical (unpaired) electrons. The standard InChI is InChI=1S/C13H27N3O/c1-4-12(16(5-2)6-3)13(17)15-11-8-7-9-14-10-11/h11-12,14H,4-10H2,1-3H3,(H,15,17)/t11-,12?/m0/s1. The molecule has 1 amide bonds. The summed E-state index contributed by atoms with van der Waals surface area (Å²) in [6.45, 7) is 10.2. The molecule has 0 spiro atoms. The van der Waals surface area contributed by atoms with E-state index in [4.69, 9.17) is 0 Å². The van der Waals surface area contributed by atoms with Crippen LogP contribution in [0.15, 0.2) is 0 Å². The van der Waals surface area contributed by atoms with E-state index < -0.39 is 0 Å². The third-order valence-electron chi connectivity index (χ3n) is 3.59. The van der Waals surface area contributed by atoms with Gasteiger partial charge in [-0.25, -0.2) is 0 Å². The van der Waals surface area contributed by atoms with Crippen LogP contribution in [0.25, 0.3) is 0 Å². The molecule has 0 saturated carbocycles. The monoisotopic (exact) mass is 241 g/mol. The van der Waals surface area contributed by atoms with Gasteiger partial charge in [-0.05, 0) is 38.9 Å². The minimum Gasteiger partial charge on any atom is -0.351 e. The highest BCUT2D eigenvalue weighted by molar-refractivity contribution is 5.82. The molecule has 2 N–H and O–H groups in total. The number of carbonyl (C=O) groups is 1. The fourth-order valence-corrected chi connectivity index (χ4v) is 2.55. The number of likely N-dealkylation sites (N-methyl/N-ethyl adjacent to an activating group) is 1. The van der Waals surface area contributed by atoms with Crippen molar-refractivity contribution >= 4 is 5.91 Å². The first-order valence-corrected chi connectivity index (χ1v) is 6.98. The van der Waals surface area contributed by atoms with Crippen molar-refractivity contribution < 1.29 is 4.79 Å². The largest absolute Gasteiger partial charge is 0.351 e. The quantitative estimate of drug-likeness (QED) is 0.728. The number of carbonyl (C=O) groups excluding carboxylic acids is 1. The van der Waals surface area contributed by atoms with Crippen molar-refractivity contribution in [3.8, 4) is 0 Å². The van der Waals surface area contributed by atoms with Gasteiger partial charge < -0.3 is 10.6 Å². The second-order valence-electron chi connectivity index (χ2n) is 4.70. The van der Waals surface area contributed by atoms with E-state index in [2.05, 4.69) is 36.3 Å². The second-order valence-corrected chi connectivity index (χ2v) is 4.70. The lowest BCUT2D eigenvalue weighted by Gasteiger charge is -2.31. The summed E-state index contributed by atoms with van der Waals surface area (Å²) in [7, 11) is 0. The highest BCUT2D eigenvalue weighted by Gasteiger charge is 2.24. The van der Waals surface area contributed by atoms with Crippen LogP contribution >= 0.6 is 0 Å². The molecule has 1 saturated heterocycles. The molecular formula is C13H27N3O. The number of nitrogens with zero attached hydrogens (tertiary/aromatic N) is 1. The van der Waals surface area contributed by atoms with E-state index >= 15 is 0 Å². The molecular weight excluding hydrogens is 214 g/mol. The van der Waals surface area contributed by atoms with Crippen LogP contribution in [0.4, 0.5) is 0 Å². The van der Waals surface area contributed by atoms with E-state index in [0.29, 0.717) is 6.04 Å². The first-order chi connectivity index (χ1) is 8.22. The zero-order chi connectivity index (χ0) is 12.7. The number of hydrogen-bond donors (Lipinski definition) is 2. The Morgan fingerprint density at radius 2 is 2.12 bits per heavy atom. The summed E-state index contributed by atoms with van der Waals surface area (Å²) in [6, 6.07) is 0.354. The zero-order valence-electron chi connectivity index (χ0n) is 11.5. The summed E-state index contributed by atoms with van der Waals surface area (Å²) < 4.78 is 0. The van der Waals surface area contributed by atoms with Crippen LogP contribution in [0.5, 0.6) is 0 Å². The number of rotatable bonds is 6. The first kappa shape index (κ1) is 14.5. The van der Waals surface area contributed by atoms with Crippen molar-refractivity contribution in [1.82, 2.24) is 15.5 Å². The van der Waals surface area contributed by atoms with Crippen molar-refractivity contribution in [3.63, 3.8) is 0 Å². The van der Waals surface area contributed by atoms with Crippen LogP contribution in [-0.2, 0) is 4.79 Å². The van der Waals surface area contributed by atoms with Gasteiger partial charge in [-0.15, -0.1) is 0 Å². The lowest BCUT2D eigenvalue weighted by molar-refractivity contribution is -0.127. The Bertz CT molecular complexity index is 223. The van der Waals surface area contributed by atoms with Crippen LogP contribution in [0.1, 0.15) is 40.0 Å². The highest BCUT2D eigenvalue weighted by atomic mass is 16.2. The molecule has 4 heteroatoms. The van der Waals surface area contributed by atoms with Crippen molar-refractivity contribution in [3.05, 3.63) is 0 Å². The van der Waals surface area contributed by atoms with E-state index in [9.17, 15) is 4.79 Å². The average Bonchev–Trinajstić information content (AvgIpc) is 2.36. The van der Waals surface area contributed by atoms with Crippen molar-refractivity contribution in [2.45, 2.75) is 52.1 Å². The molecule has 1 heterocycles. The normalized spacial score (nSPS) is 22.5. The number of hydrogen-bond acceptors (Lipinski definition) is 3. The van der Waals surface area contributed by atoms with Gasteiger partial charge in [0.05, 0.1) is 6.04 Å². The van der Waals surface area contributed by atoms with E-state index in [1.165, 1.54) is 0 Å². The molecule has 1 aliphatic rings. The number of amides is 1. The number of nitrogens with one attached hydrogen (secondary N) is 2. The van der Waals surface area contributed by atoms with Crippen molar-refractivity contribution in [1.29, 1.82) is 0 Å². The highest BCUT2D eigenvalue weighted by Crippen LogP contribution is 2.07. The van der Waals surface area contributed by atoms with Gasteiger partial charge in [0.2, 0.25) is 5.91 Å². The molecule has 2 atom stereocenters. The van der Waals surface area contributed by atoms with Crippen molar-refractivity contribution in [2.24, 2.45) is 0 Å². The summed E-state index contributed by atoms with van der Waals surface area (Å²) in [5.41, 5.74) is 0. The zero-order valence-corrected chi connectivity index (χ0v) is 11.5. The molecule has 0 aliphatic carbocycles. The summed E-state index contributed by atoms with van der Waals surface area (Å²) >= 11 is 0. The molecule has 0 bridgehead atoms. The lowest BCUT2D eigenvalue weighted by atomic mass is 10.1. The molecule has 1 aliphatic heterocycles. The van der Waals surface area contributed by atoms with Gasteiger partial charge in [-0.2, -0.15) is 0 Å². The second kappa shape index (κ2) is 7.67. The molecule has 1 rings (SSSR count). The Hall–Kier alpha value is -0.610. The Morgan fingerprint density at radius 1 is 1.41 bits per heavy atom.